The van der Waals surface area contributed by atoms with E-state index >= 15 is 0 Å². The van der Waals surface area contributed by atoms with Gasteiger partial charge in [0, 0.05) is 5.25 Å². The Morgan fingerprint density at radius 2 is 1.45 bits per heavy atom. The molecule has 8 atom stereocenters. The number of fused-ring (bicyclic) bond motifs is 2. The van der Waals surface area contributed by atoms with Gasteiger partial charge >= 0.3 is 0 Å². The van der Waals surface area contributed by atoms with E-state index in [4.69, 9.17) is 0 Å². The highest BCUT2D eigenvalue weighted by atomic mass is 32.2. The van der Waals surface area contributed by atoms with Crippen molar-refractivity contribution in [2.45, 2.75) is 121 Å². The third kappa shape index (κ3) is 3.45. The molecule has 1 aliphatic heterocycles. The van der Waals surface area contributed by atoms with E-state index in [1.165, 1.54) is 51.4 Å². The highest BCUT2D eigenvalue weighted by Crippen LogP contribution is 2.67. The molecule has 4 aliphatic carbocycles. The molecular formula is C27H46SSi. The maximum absolute atomic E-state index is 2.86. The van der Waals surface area contributed by atoms with Crippen LogP contribution in [0.2, 0.25) is 24.2 Å². The monoisotopic (exact) mass is 430 g/mol. The molecule has 4 saturated carbocycles. The molecule has 29 heavy (non-hydrogen) atoms. The van der Waals surface area contributed by atoms with Crippen LogP contribution in [0.3, 0.4) is 0 Å². The first-order chi connectivity index (χ1) is 13.9. The molecule has 0 saturated heterocycles. The Bertz CT molecular complexity index is 645. The molecule has 0 amide bonds. The number of allylic oxidation sites excluding steroid dienone is 2. The normalized spacial score (nSPS) is 46.2. The second-order valence-corrected chi connectivity index (χ2v) is 18.9. The third-order valence-electron chi connectivity index (χ3n) is 10.6. The van der Waals surface area contributed by atoms with Crippen molar-refractivity contribution in [3.63, 3.8) is 0 Å². The van der Waals surface area contributed by atoms with Crippen LogP contribution in [0, 0.1) is 35.5 Å². The zero-order valence-electron chi connectivity index (χ0n) is 19.9. The minimum absolute atomic E-state index is 0.953. The van der Waals surface area contributed by atoms with Crippen LogP contribution in [0.1, 0.15) is 91.4 Å². The average molecular weight is 431 g/mol. The Labute approximate surface area is 186 Å². The molecule has 5 aliphatic rings. The minimum atomic E-state index is -1.31. The molecule has 1 heterocycles. The van der Waals surface area contributed by atoms with Crippen molar-refractivity contribution in [1.29, 1.82) is 0 Å². The first-order valence-electron chi connectivity index (χ1n) is 13.3. The van der Waals surface area contributed by atoms with E-state index in [1.807, 2.05) is 5.57 Å². The zero-order chi connectivity index (χ0) is 20.3. The predicted octanol–water partition coefficient (Wildman–Crippen LogP) is 8.91. The summed E-state index contributed by atoms with van der Waals surface area (Å²) < 4.78 is 0. The Morgan fingerprint density at radius 3 is 2.21 bits per heavy atom. The molecule has 4 fully saturated rings. The van der Waals surface area contributed by atoms with E-state index < -0.39 is 8.07 Å². The Hall–Kier alpha value is 0.307. The van der Waals surface area contributed by atoms with Crippen molar-refractivity contribution in [2.75, 3.05) is 0 Å². The first-order valence-corrected chi connectivity index (χ1v) is 17.3. The van der Waals surface area contributed by atoms with E-state index in [1.54, 1.807) is 24.2 Å². The molecule has 0 aromatic rings. The summed E-state index contributed by atoms with van der Waals surface area (Å²) >= 11 is 2.38. The van der Waals surface area contributed by atoms with Crippen molar-refractivity contribution < 1.29 is 0 Å². The van der Waals surface area contributed by atoms with Crippen LogP contribution in [0.15, 0.2) is 10.5 Å². The lowest BCUT2D eigenvalue weighted by Gasteiger charge is -2.46. The second-order valence-electron chi connectivity index (χ2n) is 12.5. The molecule has 164 valence electrons. The van der Waals surface area contributed by atoms with Gasteiger partial charge in [0.05, 0.1) is 8.07 Å². The molecule has 8 unspecified atom stereocenters. The van der Waals surface area contributed by atoms with Crippen molar-refractivity contribution in [3.05, 3.63) is 10.5 Å². The molecule has 2 heteroatoms. The van der Waals surface area contributed by atoms with Crippen LogP contribution in [0.5, 0.6) is 0 Å². The highest BCUT2D eigenvalue weighted by molar-refractivity contribution is 8.04. The second kappa shape index (κ2) is 8.02. The minimum Gasteiger partial charge on any atom is -0.127 e. The van der Waals surface area contributed by atoms with E-state index in [0.29, 0.717) is 0 Å². The topological polar surface area (TPSA) is 0 Å². The lowest BCUT2D eigenvalue weighted by molar-refractivity contribution is 0.273. The molecule has 0 radical (unpaired) electrons. The van der Waals surface area contributed by atoms with Gasteiger partial charge in [0.15, 0.2) is 0 Å². The van der Waals surface area contributed by atoms with Gasteiger partial charge in [0.1, 0.15) is 0 Å². The maximum atomic E-state index is 2.86. The zero-order valence-corrected chi connectivity index (χ0v) is 21.7. The molecule has 0 bridgehead atoms. The van der Waals surface area contributed by atoms with Gasteiger partial charge in [-0.3, -0.25) is 0 Å². The van der Waals surface area contributed by atoms with Gasteiger partial charge in [-0.25, -0.2) is 0 Å². The summed E-state index contributed by atoms with van der Waals surface area (Å²) in [5.74, 6) is 6.08. The summed E-state index contributed by atoms with van der Waals surface area (Å²) in [4.78, 5) is 1.78. The van der Waals surface area contributed by atoms with Crippen LogP contribution in [-0.2, 0) is 0 Å². The average Bonchev–Trinajstić information content (AvgIpc) is 3.29. The van der Waals surface area contributed by atoms with Gasteiger partial charge in [0.2, 0.25) is 0 Å². The summed E-state index contributed by atoms with van der Waals surface area (Å²) in [5.41, 5.74) is 4.15. The van der Waals surface area contributed by atoms with Crippen LogP contribution in [-0.4, -0.2) is 13.3 Å². The van der Waals surface area contributed by atoms with Gasteiger partial charge in [-0.1, -0.05) is 77.5 Å². The fourth-order valence-electron chi connectivity index (χ4n) is 9.96. The van der Waals surface area contributed by atoms with Gasteiger partial charge in [-0.05, 0) is 84.1 Å². The highest BCUT2D eigenvalue weighted by Gasteiger charge is 2.59. The summed E-state index contributed by atoms with van der Waals surface area (Å²) in [6, 6.07) is 0. The van der Waals surface area contributed by atoms with Gasteiger partial charge in [-0.2, -0.15) is 0 Å². The SMILES string of the molecule is CC1=C(C2CCCCC2)C2CC(C)C([Si](C)(C)C3C(C)CC4CCCCC43)C2S1. The largest absolute Gasteiger partial charge is 0.127 e. The molecule has 5 rings (SSSR count). The van der Waals surface area contributed by atoms with E-state index in [-0.39, 0.29) is 0 Å². The Balaban J connectivity index is 1.40. The first kappa shape index (κ1) is 21.2. The fourth-order valence-corrected chi connectivity index (χ4v) is 19.2. The van der Waals surface area contributed by atoms with Gasteiger partial charge < -0.3 is 0 Å². The van der Waals surface area contributed by atoms with Crippen LogP contribution in [0.4, 0.5) is 0 Å². The molecule has 0 spiro atoms. The number of thioether (sulfide) groups is 1. The van der Waals surface area contributed by atoms with Crippen molar-refractivity contribution >= 4 is 19.8 Å². The van der Waals surface area contributed by atoms with E-state index in [2.05, 4.69) is 45.6 Å². The molecular weight excluding hydrogens is 384 g/mol. The van der Waals surface area contributed by atoms with Crippen LogP contribution < -0.4 is 0 Å². The molecule has 0 aromatic carbocycles. The summed E-state index contributed by atoms with van der Waals surface area (Å²) in [5, 5.41) is 0.957. The maximum Gasteiger partial charge on any atom is 0.0555 e. The Morgan fingerprint density at radius 1 is 0.793 bits per heavy atom. The summed E-state index contributed by atoms with van der Waals surface area (Å²) in [7, 11) is -1.31. The predicted molar refractivity (Wildman–Crippen MR) is 132 cm³/mol. The molecule has 0 aromatic heterocycles. The van der Waals surface area contributed by atoms with Crippen LogP contribution in [0.25, 0.3) is 0 Å². The number of rotatable bonds is 3. The molecule has 0 N–H and O–H groups in total. The molecule has 0 nitrogen and oxygen atoms in total. The smallest absolute Gasteiger partial charge is 0.0555 e. The van der Waals surface area contributed by atoms with Gasteiger partial charge in [0.25, 0.3) is 0 Å². The Kier molecular flexibility index (Phi) is 5.85. The van der Waals surface area contributed by atoms with Gasteiger partial charge in [-0.15, -0.1) is 11.8 Å². The summed E-state index contributed by atoms with van der Waals surface area (Å²) in [6.45, 7) is 13.6. The standard InChI is InChI=1S/C27H46SSi/c1-17-15-21-13-9-10-14-22(21)26(17)29(4,5)27-18(2)16-23-24(19(3)28-25(23)27)20-11-7-6-8-12-20/h17-18,20-23,25-27H,6-16H2,1-5H3. The van der Waals surface area contributed by atoms with Crippen molar-refractivity contribution in [3.8, 4) is 0 Å². The van der Waals surface area contributed by atoms with Crippen molar-refractivity contribution in [1.82, 2.24) is 0 Å². The lowest BCUT2D eigenvalue weighted by atomic mass is 9.77. The number of hydrogen-bond donors (Lipinski definition) is 0. The fraction of sp³-hybridized carbons (Fsp3) is 0.926. The third-order valence-corrected chi connectivity index (χ3v) is 17.7. The quantitative estimate of drug-likeness (QED) is 0.403. The van der Waals surface area contributed by atoms with E-state index in [9.17, 15) is 0 Å². The van der Waals surface area contributed by atoms with Crippen molar-refractivity contribution in [2.24, 2.45) is 35.5 Å². The number of hydrogen-bond acceptors (Lipinski definition) is 1. The summed E-state index contributed by atoms with van der Waals surface area (Å²) in [6.07, 6.45) is 16.8. The van der Waals surface area contributed by atoms with E-state index in [0.717, 1.165) is 51.8 Å². The van der Waals surface area contributed by atoms with Crippen LogP contribution >= 0.6 is 11.8 Å². The lowest BCUT2D eigenvalue weighted by Crippen LogP contribution is -2.46.